The average Bonchev–Trinajstić information content (AvgIpc) is 3.29. The zero-order chi connectivity index (χ0) is 37.3. The molecule has 3 nitrogen and oxygen atoms in total. The van der Waals surface area contributed by atoms with Crippen LogP contribution in [-0.4, -0.2) is 15.0 Å². The molecule has 56 heavy (non-hydrogen) atoms. The van der Waals surface area contributed by atoms with E-state index in [4.69, 9.17) is 15.0 Å². The van der Waals surface area contributed by atoms with Crippen LogP contribution in [0, 0.1) is 0 Å². The molecule has 3 heteroatoms. The van der Waals surface area contributed by atoms with E-state index in [1.165, 1.54) is 22.1 Å². The molecule has 0 amide bonds. The zero-order valence-electron chi connectivity index (χ0n) is 30.5. The first kappa shape index (κ1) is 33.1. The lowest BCUT2D eigenvalue weighted by molar-refractivity contribution is 1.18. The van der Waals surface area contributed by atoms with Gasteiger partial charge in [0.15, 0.2) is 5.82 Å². The van der Waals surface area contributed by atoms with Crippen molar-refractivity contribution >= 4 is 21.7 Å². The number of pyridine rings is 1. The summed E-state index contributed by atoms with van der Waals surface area (Å²) < 4.78 is 0. The molecule has 2 aromatic heterocycles. The standard InChI is InChI=1S/C53H35N3/c1-4-13-36(14-5-1)37-27-33-44(34-28-37)53-55-49(41-15-6-2-7-16-41)35-50(56-53)42-31-25-39(26-32-42)38-23-29-40(30-24-38)45-20-12-21-47-51(45)46-19-10-11-22-48(46)54-52(47)43-17-8-3-9-18-43/h1-35H. The quantitative estimate of drug-likeness (QED) is 0.154. The summed E-state index contributed by atoms with van der Waals surface area (Å²) in [5.41, 5.74) is 15.0. The molecule has 0 atom stereocenters. The Bertz CT molecular complexity index is 2960. The molecule has 0 saturated carbocycles. The first-order chi connectivity index (χ1) is 27.7. The van der Waals surface area contributed by atoms with Gasteiger partial charge in [-0.1, -0.05) is 200 Å². The van der Waals surface area contributed by atoms with Crippen molar-refractivity contribution in [3.63, 3.8) is 0 Å². The van der Waals surface area contributed by atoms with E-state index in [1.54, 1.807) is 0 Å². The van der Waals surface area contributed by atoms with Gasteiger partial charge in [-0.3, -0.25) is 0 Å². The minimum atomic E-state index is 0.702. The summed E-state index contributed by atoms with van der Waals surface area (Å²) in [5.74, 6) is 0.702. The van der Waals surface area contributed by atoms with E-state index in [9.17, 15) is 0 Å². The van der Waals surface area contributed by atoms with Crippen molar-refractivity contribution < 1.29 is 0 Å². The number of para-hydroxylation sites is 1. The van der Waals surface area contributed by atoms with E-state index in [2.05, 4.69) is 182 Å². The van der Waals surface area contributed by atoms with Gasteiger partial charge in [0, 0.05) is 38.4 Å². The van der Waals surface area contributed by atoms with Gasteiger partial charge in [0.25, 0.3) is 0 Å². The average molecular weight is 714 g/mol. The zero-order valence-corrected chi connectivity index (χ0v) is 30.5. The van der Waals surface area contributed by atoms with Gasteiger partial charge in [0.05, 0.1) is 22.6 Å². The Kier molecular flexibility index (Phi) is 8.51. The molecule has 0 fully saturated rings. The Morgan fingerprint density at radius 2 is 0.696 bits per heavy atom. The summed E-state index contributed by atoms with van der Waals surface area (Å²) >= 11 is 0. The molecule has 8 aromatic carbocycles. The fourth-order valence-electron chi connectivity index (χ4n) is 7.66. The van der Waals surface area contributed by atoms with Crippen molar-refractivity contribution in [3.8, 4) is 78.5 Å². The molecule has 10 aromatic rings. The first-order valence-corrected chi connectivity index (χ1v) is 18.9. The van der Waals surface area contributed by atoms with E-state index in [0.717, 1.165) is 72.3 Å². The summed E-state index contributed by atoms with van der Waals surface area (Å²) in [6.07, 6.45) is 0. The molecule has 0 unspecified atom stereocenters. The van der Waals surface area contributed by atoms with Crippen molar-refractivity contribution in [2.45, 2.75) is 0 Å². The fraction of sp³-hybridized carbons (Fsp3) is 0. The normalized spacial score (nSPS) is 11.2. The third-order valence-electron chi connectivity index (χ3n) is 10.5. The van der Waals surface area contributed by atoms with Gasteiger partial charge in [-0.15, -0.1) is 0 Å². The maximum Gasteiger partial charge on any atom is 0.160 e. The largest absolute Gasteiger partial charge is 0.247 e. The van der Waals surface area contributed by atoms with Gasteiger partial charge in [0.1, 0.15) is 0 Å². The number of rotatable bonds is 7. The van der Waals surface area contributed by atoms with Gasteiger partial charge in [-0.25, -0.2) is 15.0 Å². The van der Waals surface area contributed by atoms with Crippen LogP contribution in [0.1, 0.15) is 0 Å². The highest BCUT2D eigenvalue weighted by Gasteiger charge is 2.15. The Morgan fingerprint density at radius 3 is 1.30 bits per heavy atom. The fourth-order valence-corrected chi connectivity index (χ4v) is 7.66. The summed E-state index contributed by atoms with van der Waals surface area (Å²) in [7, 11) is 0. The molecule has 2 heterocycles. The predicted octanol–water partition coefficient (Wildman–Crippen LogP) is 13.8. The van der Waals surface area contributed by atoms with Crippen molar-refractivity contribution in [2.24, 2.45) is 0 Å². The van der Waals surface area contributed by atoms with Crippen molar-refractivity contribution in [3.05, 3.63) is 212 Å². The van der Waals surface area contributed by atoms with Crippen LogP contribution in [0.25, 0.3) is 100 Å². The molecule has 0 saturated heterocycles. The third-order valence-corrected chi connectivity index (χ3v) is 10.5. The smallest absolute Gasteiger partial charge is 0.160 e. The lowest BCUT2D eigenvalue weighted by Gasteiger charge is -2.14. The maximum atomic E-state index is 5.14. The van der Waals surface area contributed by atoms with E-state index >= 15 is 0 Å². The molecule has 262 valence electrons. The van der Waals surface area contributed by atoms with Gasteiger partial charge in [0.2, 0.25) is 0 Å². The van der Waals surface area contributed by atoms with Crippen LogP contribution in [-0.2, 0) is 0 Å². The highest BCUT2D eigenvalue weighted by molar-refractivity contribution is 6.17. The first-order valence-electron chi connectivity index (χ1n) is 18.9. The SMILES string of the molecule is c1ccc(-c2ccc(-c3nc(-c4ccccc4)cc(-c4ccc(-c5ccc(-c6cccc7c(-c8ccccc8)nc8ccccc8c67)cc5)cc4)n3)cc2)cc1. The molecule has 0 aliphatic heterocycles. The highest BCUT2D eigenvalue weighted by Crippen LogP contribution is 2.39. The van der Waals surface area contributed by atoms with Crippen LogP contribution in [0.4, 0.5) is 0 Å². The number of nitrogens with zero attached hydrogens (tertiary/aromatic N) is 3. The number of aromatic nitrogens is 3. The van der Waals surface area contributed by atoms with Gasteiger partial charge >= 0.3 is 0 Å². The second kappa shape index (κ2) is 14.4. The predicted molar refractivity (Wildman–Crippen MR) is 233 cm³/mol. The van der Waals surface area contributed by atoms with Crippen molar-refractivity contribution in [1.29, 1.82) is 0 Å². The molecule has 0 bridgehead atoms. The highest BCUT2D eigenvalue weighted by atomic mass is 14.9. The number of hydrogen-bond donors (Lipinski definition) is 0. The van der Waals surface area contributed by atoms with E-state index < -0.39 is 0 Å². The Labute approximate surface area is 326 Å². The van der Waals surface area contributed by atoms with Crippen molar-refractivity contribution in [1.82, 2.24) is 15.0 Å². The van der Waals surface area contributed by atoms with Gasteiger partial charge in [-0.05, 0) is 45.5 Å². The molecule has 0 radical (unpaired) electrons. The monoisotopic (exact) mass is 713 g/mol. The lowest BCUT2D eigenvalue weighted by Crippen LogP contribution is -1.96. The summed E-state index contributed by atoms with van der Waals surface area (Å²) in [6, 6.07) is 74.5. The topological polar surface area (TPSA) is 38.7 Å². The lowest BCUT2D eigenvalue weighted by atomic mass is 9.92. The molecular weight excluding hydrogens is 679 g/mol. The number of fused-ring (bicyclic) bond motifs is 3. The molecule has 0 N–H and O–H groups in total. The second-order valence-corrected chi connectivity index (χ2v) is 14.0. The Hall–Kier alpha value is -7.49. The van der Waals surface area contributed by atoms with E-state index in [-0.39, 0.29) is 0 Å². The minimum absolute atomic E-state index is 0.702. The molecule has 0 aliphatic carbocycles. The van der Waals surface area contributed by atoms with Crippen LogP contribution in [0.5, 0.6) is 0 Å². The van der Waals surface area contributed by atoms with Gasteiger partial charge < -0.3 is 0 Å². The Morgan fingerprint density at radius 1 is 0.268 bits per heavy atom. The van der Waals surface area contributed by atoms with Crippen LogP contribution in [0.2, 0.25) is 0 Å². The summed E-state index contributed by atoms with van der Waals surface area (Å²) in [6.45, 7) is 0. The van der Waals surface area contributed by atoms with E-state index in [1.807, 2.05) is 30.3 Å². The van der Waals surface area contributed by atoms with Gasteiger partial charge in [-0.2, -0.15) is 0 Å². The Balaban J connectivity index is 0.988. The van der Waals surface area contributed by atoms with Crippen LogP contribution < -0.4 is 0 Å². The maximum absolute atomic E-state index is 5.14. The minimum Gasteiger partial charge on any atom is -0.247 e. The summed E-state index contributed by atoms with van der Waals surface area (Å²) in [4.78, 5) is 15.3. The van der Waals surface area contributed by atoms with E-state index in [0.29, 0.717) is 5.82 Å². The molecule has 10 rings (SSSR count). The van der Waals surface area contributed by atoms with Crippen LogP contribution in [0.3, 0.4) is 0 Å². The molecule has 0 aliphatic rings. The van der Waals surface area contributed by atoms with Crippen molar-refractivity contribution in [2.75, 3.05) is 0 Å². The summed E-state index contributed by atoms with van der Waals surface area (Å²) in [5, 5.41) is 3.53. The van der Waals surface area contributed by atoms with Crippen LogP contribution in [0.15, 0.2) is 212 Å². The molecule has 0 spiro atoms. The molecular formula is C53H35N3. The number of hydrogen-bond acceptors (Lipinski definition) is 3. The number of benzene rings is 8. The third kappa shape index (κ3) is 6.31. The van der Waals surface area contributed by atoms with Crippen LogP contribution >= 0.6 is 0 Å². The second-order valence-electron chi connectivity index (χ2n) is 14.0.